The van der Waals surface area contributed by atoms with Gasteiger partial charge in [0.1, 0.15) is 11.7 Å². The van der Waals surface area contributed by atoms with E-state index in [1.807, 2.05) is 6.07 Å². The Labute approximate surface area is 243 Å². The number of para-hydroxylation sites is 1. The molecule has 0 saturated heterocycles. The van der Waals surface area contributed by atoms with Crippen molar-refractivity contribution in [2.75, 3.05) is 14.2 Å². The summed E-state index contributed by atoms with van der Waals surface area (Å²) >= 11 is 0. The highest BCUT2D eigenvalue weighted by Gasteiger charge is 2.59. The molecule has 0 N–H and O–H groups in total. The third kappa shape index (κ3) is 5.22. The normalized spacial score (nSPS) is 35.7. The molecule has 4 nitrogen and oxygen atoms in total. The van der Waals surface area contributed by atoms with Crippen LogP contribution in [0.15, 0.2) is 29.8 Å². The number of hydrogen-bond donors (Lipinski definition) is 0. The monoisotopic (exact) mass is 550 g/mol. The summed E-state index contributed by atoms with van der Waals surface area (Å²) in [6.07, 6.45) is 16.4. The number of benzene rings is 1. The summed E-state index contributed by atoms with van der Waals surface area (Å²) < 4.78 is 17.0. The van der Waals surface area contributed by atoms with Crippen molar-refractivity contribution in [3.05, 3.63) is 35.4 Å². The number of hydrogen-bond acceptors (Lipinski definition) is 4. The van der Waals surface area contributed by atoms with Crippen LogP contribution in [0.4, 0.5) is 0 Å². The maximum Gasteiger partial charge on any atom is 0.342 e. The molecule has 0 aromatic heterocycles. The summed E-state index contributed by atoms with van der Waals surface area (Å²) in [7, 11) is 3.16. The fourth-order valence-electron chi connectivity index (χ4n) is 10.0. The molecule has 0 amide bonds. The van der Waals surface area contributed by atoms with E-state index in [0.29, 0.717) is 22.5 Å². The summed E-state index contributed by atoms with van der Waals surface area (Å²) in [6, 6.07) is 5.39. The van der Waals surface area contributed by atoms with Crippen molar-refractivity contribution in [1.82, 2.24) is 0 Å². The highest BCUT2D eigenvalue weighted by molar-refractivity contribution is 5.93. The lowest BCUT2D eigenvalue weighted by Gasteiger charge is -2.58. The van der Waals surface area contributed by atoms with Gasteiger partial charge in [-0.3, -0.25) is 0 Å². The Morgan fingerprint density at radius 3 is 2.50 bits per heavy atom. The number of carbonyl (C=O) groups is 1. The van der Waals surface area contributed by atoms with Gasteiger partial charge in [0.2, 0.25) is 0 Å². The molecule has 0 spiro atoms. The van der Waals surface area contributed by atoms with Crippen molar-refractivity contribution >= 4 is 5.97 Å². The van der Waals surface area contributed by atoms with E-state index in [1.165, 1.54) is 51.4 Å². The number of esters is 1. The Kier molecular flexibility index (Phi) is 8.65. The molecule has 0 aliphatic heterocycles. The summed E-state index contributed by atoms with van der Waals surface area (Å²) in [5.74, 6) is 5.72. The van der Waals surface area contributed by atoms with Crippen LogP contribution in [0, 0.1) is 46.3 Å². The molecule has 4 aliphatic carbocycles. The van der Waals surface area contributed by atoms with Crippen LogP contribution in [0.1, 0.15) is 116 Å². The first kappa shape index (κ1) is 29.5. The molecule has 0 bridgehead atoms. The van der Waals surface area contributed by atoms with Crippen molar-refractivity contribution in [2.24, 2.45) is 46.3 Å². The number of ether oxygens (including phenoxy) is 3. The Morgan fingerprint density at radius 2 is 1.77 bits per heavy atom. The highest BCUT2D eigenvalue weighted by Crippen LogP contribution is 2.67. The molecule has 222 valence electrons. The van der Waals surface area contributed by atoms with Crippen LogP contribution in [-0.2, 0) is 4.74 Å². The van der Waals surface area contributed by atoms with E-state index in [-0.39, 0.29) is 17.5 Å². The van der Waals surface area contributed by atoms with Gasteiger partial charge in [-0.2, -0.15) is 0 Å². The van der Waals surface area contributed by atoms with Gasteiger partial charge in [-0.1, -0.05) is 71.6 Å². The smallest absolute Gasteiger partial charge is 0.342 e. The summed E-state index contributed by atoms with van der Waals surface area (Å²) in [6.45, 7) is 12.5. The predicted molar refractivity (Wildman–Crippen MR) is 162 cm³/mol. The van der Waals surface area contributed by atoms with Gasteiger partial charge in [-0.25, -0.2) is 4.79 Å². The van der Waals surface area contributed by atoms with E-state index in [0.717, 1.165) is 54.8 Å². The molecule has 4 heteroatoms. The number of allylic oxidation sites excluding steroid dienone is 1. The molecule has 0 radical (unpaired) electrons. The van der Waals surface area contributed by atoms with Crippen LogP contribution in [0.2, 0.25) is 0 Å². The van der Waals surface area contributed by atoms with Crippen molar-refractivity contribution in [3.63, 3.8) is 0 Å². The van der Waals surface area contributed by atoms with Crippen LogP contribution in [0.5, 0.6) is 11.5 Å². The fraction of sp³-hybridized carbons (Fsp3) is 0.750. The largest absolute Gasteiger partial charge is 0.493 e. The van der Waals surface area contributed by atoms with E-state index < -0.39 is 0 Å². The Hall–Kier alpha value is -1.97. The second kappa shape index (κ2) is 11.7. The Morgan fingerprint density at radius 1 is 0.975 bits per heavy atom. The van der Waals surface area contributed by atoms with E-state index >= 15 is 0 Å². The van der Waals surface area contributed by atoms with Gasteiger partial charge < -0.3 is 14.2 Å². The van der Waals surface area contributed by atoms with E-state index in [9.17, 15) is 4.79 Å². The van der Waals surface area contributed by atoms with Gasteiger partial charge in [0.25, 0.3) is 0 Å². The average Bonchev–Trinajstić information content (AvgIpc) is 3.29. The van der Waals surface area contributed by atoms with Gasteiger partial charge >= 0.3 is 5.97 Å². The lowest BCUT2D eigenvalue weighted by atomic mass is 9.47. The minimum atomic E-state index is -0.313. The number of fused-ring (bicyclic) bond motifs is 5. The number of carbonyl (C=O) groups excluding carboxylic acids is 1. The first-order chi connectivity index (χ1) is 19.1. The van der Waals surface area contributed by atoms with Gasteiger partial charge in [-0.15, -0.1) is 0 Å². The molecule has 3 saturated carbocycles. The van der Waals surface area contributed by atoms with E-state index in [4.69, 9.17) is 14.2 Å². The van der Waals surface area contributed by atoms with Gasteiger partial charge in [0, 0.05) is 6.42 Å². The zero-order valence-electron chi connectivity index (χ0n) is 26.3. The summed E-state index contributed by atoms with van der Waals surface area (Å²) in [4.78, 5) is 13.2. The molecular formula is C36H54O4. The van der Waals surface area contributed by atoms with Gasteiger partial charge in [-0.05, 0) is 103 Å². The van der Waals surface area contributed by atoms with Crippen LogP contribution >= 0.6 is 0 Å². The van der Waals surface area contributed by atoms with E-state index in [2.05, 4.69) is 40.7 Å². The molecule has 0 unspecified atom stereocenters. The van der Waals surface area contributed by atoms with Crippen LogP contribution < -0.4 is 9.47 Å². The first-order valence-corrected chi connectivity index (χ1v) is 16.2. The molecule has 0 heterocycles. The van der Waals surface area contributed by atoms with Crippen LogP contribution in [0.3, 0.4) is 0 Å². The molecule has 1 aromatic carbocycles. The molecule has 8 atom stereocenters. The standard InChI is InChI=1S/C36H54O4/c1-23(2)10-8-11-24(3)29-16-17-30-27-15-14-25-22-26(18-20-35(25,4)31(27)19-21-36(29,30)5)40-34(37)28-12-9-13-32(38-6)33(28)39-7/h9,12-14,23-24,26-27,29-31H,8,10-11,15-22H2,1-7H3/t24-,26-,27+,29-,30+,31+,35+,36-/m1/s1. The lowest BCUT2D eigenvalue weighted by Crippen LogP contribution is -2.51. The highest BCUT2D eigenvalue weighted by atomic mass is 16.5. The SMILES string of the molecule is COc1cccc(C(=O)O[C@@H]2CC[C@@]3(C)C(=CC[C@H]4[C@@H]5CC[C@H]([C@H](C)CCCC(C)C)[C@@]5(C)CC[C@@H]43)C2)c1OC. The predicted octanol–water partition coefficient (Wildman–Crippen LogP) is 9.27. The lowest BCUT2D eigenvalue weighted by molar-refractivity contribution is -0.0594. The van der Waals surface area contributed by atoms with Crippen molar-refractivity contribution in [1.29, 1.82) is 0 Å². The molecule has 3 fully saturated rings. The third-order valence-electron chi connectivity index (χ3n) is 12.2. The minimum absolute atomic E-state index is 0.0734. The molecule has 1 aromatic rings. The molecule has 40 heavy (non-hydrogen) atoms. The van der Waals surface area contributed by atoms with Crippen molar-refractivity contribution < 1.29 is 19.0 Å². The third-order valence-corrected chi connectivity index (χ3v) is 12.2. The first-order valence-electron chi connectivity index (χ1n) is 16.2. The second-order valence-corrected chi connectivity index (χ2v) is 14.6. The second-order valence-electron chi connectivity index (χ2n) is 14.6. The molecule has 4 aliphatic rings. The van der Waals surface area contributed by atoms with Crippen molar-refractivity contribution in [3.8, 4) is 11.5 Å². The quantitative estimate of drug-likeness (QED) is 0.227. The Bertz CT molecular complexity index is 1090. The maximum atomic E-state index is 13.2. The number of rotatable bonds is 9. The number of methoxy groups -OCH3 is 2. The topological polar surface area (TPSA) is 44.8 Å². The van der Waals surface area contributed by atoms with Crippen LogP contribution in [-0.4, -0.2) is 26.3 Å². The van der Waals surface area contributed by atoms with Gasteiger partial charge in [0.05, 0.1) is 14.2 Å². The zero-order chi connectivity index (χ0) is 28.7. The Balaban J connectivity index is 1.26. The summed E-state index contributed by atoms with van der Waals surface area (Å²) in [5, 5.41) is 0. The van der Waals surface area contributed by atoms with Crippen molar-refractivity contribution in [2.45, 2.75) is 111 Å². The molecular weight excluding hydrogens is 496 g/mol. The average molecular weight is 551 g/mol. The fourth-order valence-corrected chi connectivity index (χ4v) is 10.0. The summed E-state index contributed by atoms with van der Waals surface area (Å²) in [5.41, 5.74) is 2.76. The molecule has 5 rings (SSSR count). The van der Waals surface area contributed by atoms with Gasteiger partial charge in [0.15, 0.2) is 11.5 Å². The minimum Gasteiger partial charge on any atom is -0.493 e. The van der Waals surface area contributed by atoms with E-state index in [1.54, 1.807) is 31.9 Å². The zero-order valence-corrected chi connectivity index (χ0v) is 26.3. The van der Waals surface area contributed by atoms with Crippen LogP contribution in [0.25, 0.3) is 0 Å². The maximum absolute atomic E-state index is 13.2.